The van der Waals surface area contributed by atoms with Gasteiger partial charge in [0, 0.05) is 18.1 Å². The Bertz CT molecular complexity index is 702. The molecule has 0 saturated carbocycles. The number of carbonyl (C=O) groups is 1. The van der Waals surface area contributed by atoms with Gasteiger partial charge in [0.15, 0.2) is 6.61 Å². The zero-order valence-corrected chi connectivity index (χ0v) is 14.4. The molecule has 1 amide bonds. The second kappa shape index (κ2) is 7.70. The molecule has 2 rings (SSSR count). The summed E-state index contributed by atoms with van der Waals surface area (Å²) in [6.45, 7) is -0.115. The molecular weight excluding hydrogens is 387 g/mol. The van der Waals surface area contributed by atoms with E-state index in [1.807, 2.05) is 24.3 Å². The fourth-order valence-corrected chi connectivity index (χ4v) is 2.29. The van der Waals surface area contributed by atoms with Gasteiger partial charge in [-0.25, -0.2) is 0 Å². The van der Waals surface area contributed by atoms with Crippen LogP contribution in [-0.2, 0) is 17.5 Å². The summed E-state index contributed by atoms with van der Waals surface area (Å²) in [5.41, 5.74) is 0.0121. The summed E-state index contributed by atoms with van der Waals surface area (Å²) in [5, 5.41) is 0. The average Bonchev–Trinajstić information content (AvgIpc) is 2.54. The minimum Gasteiger partial charge on any atom is -0.483 e. The Morgan fingerprint density at radius 3 is 2.38 bits per heavy atom. The predicted octanol–water partition coefficient (Wildman–Crippen LogP) is 4.51. The second-order valence-corrected chi connectivity index (χ2v) is 6.07. The zero-order valence-electron chi connectivity index (χ0n) is 12.8. The molecular formula is C17H15BrF3NO2. The largest absolute Gasteiger partial charge is 0.483 e. The van der Waals surface area contributed by atoms with E-state index in [4.69, 9.17) is 4.74 Å². The lowest BCUT2D eigenvalue weighted by atomic mass is 10.2. The molecule has 24 heavy (non-hydrogen) atoms. The van der Waals surface area contributed by atoms with E-state index in [0.29, 0.717) is 6.54 Å². The molecule has 128 valence electrons. The van der Waals surface area contributed by atoms with Crippen LogP contribution in [0.3, 0.4) is 0 Å². The third-order valence-electron chi connectivity index (χ3n) is 3.30. The van der Waals surface area contributed by atoms with Gasteiger partial charge < -0.3 is 9.64 Å². The Labute approximate surface area is 146 Å². The molecule has 0 aromatic heterocycles. The number of rotatable bonds is 5. The van der Waals surface area contributed by atoms with E-state index in [2.05, 4.69) is 15.9 Å². The first-order valence-electron chi connectivity index (χ1n) is 7.05. The van der Waals surface area contributed by atoms with Gasteiger partial charge >= 0.3 is 6.18 Å². The summed E-state index contributed by atoms with van der Waals surface area (Å²) in [6, 6.07) is 12.2. The Morgan fingerprint density at radius 1 is 1.12 bits per heavy atom. The van der Waals surface area contributed by atoms with Crippen LogP contribution in [0.2, 0.25) is 0 Å². The van der Waals surface area contributed by atoms with Crippen molar-refractivity contribution in [3.05, 3.63) is 64.1 Å². The summed E-state index contributed by atoms with van der Waals surface area (Å²) in [7, 11) is 1.57. The van der Waals surface area contributed by atoms with Crippen LogP contribution in [-0.4, -0.2) is 24.5 Å². The molecule has 0 aliphatic heterocycles. The van der Waals surface area contributed by atoms with Gasteiger partial charge in [0.25, 0.3) is 5.91 Å². The van der Waals surface area contributed by atoms with Gasteiger partial charge in [0.05, 0.1) is 5.56 Å². The molecule has 3 nitrogen and oxygen atoms in total. The average molecular weight is 402 g/mol. The molecule has 0 atom stereocenters. The van der Waals surface area contributed by atoms with Crippen LogP contribution < -0.4 is 4.74 Å². The molecule has 0 fully saturated rings. The number of ether oxygens (including phenoxy) is 1. The van der Waals surface area contributed by atoms with Crippen LogP contribution in [0.1, 0.15) is 11.1 Å². The molecule has 0 spiro atoms. The van der Waals surface area contributed by atoms with Crippen molar-refractivity contribution in [1.82, 2.24) is 4.90 Å². The van der Waals surface area contributed by atoms with Crippen LogP contribution in [0.4, 0.5) is 13.2 Å². The first kappa shape index (κ1) is 18.3. The van der Waals surface area contributed by atoms with E-state index in [9.17, 15) is 18.0 Å². The van der Waals surface area contributed by atoms with Crippen LogP contribution >= 0.6 is 15.9 Å². The number of carbonyl (C=O) groups excluding carboxylic acids is 1. The lowest BCUT2D eigenvalue weighted by Gasteiger charge is -2.19. The van der Waals surface area contributed by atoms with Gasteiger partial charge in [0.1, 0.15) is 5.75 Å². The van der Waals surface area contributed by atoms with Crippen molar-refractivity contribution in [2.24, 2.45) is 0 Å². The molecule has 0 saturated heterocycles. The standard InChI is InChI=1S/C17H15BrF3NO2/c1-22(10-12-6-8-13(18)9-7-12)16(23)11-24-15-5-3-2-4-14(15)17(19,20)21/h2-9H,10-11H2,1H3. The highest BCUT2D eigenvalue weighted by Crippen LogP contribution is 2.35. The number of benzene rings is 2. The van der Waals surface area contributed by atoms with Crippen LogP contribution in [0.15, 0.2) is 53.0 Å². The Balaban J connectivity index is 1.97. The number of para-hydroxylation sites is 1. The number of alkyl halides is 3. The van der Waals surface area contributed by atoms with Crippen molar-refractivity contribution in [1.29, 1.82) is 0 Å². The predicted molar refractivity (Wildman–Crippen MR) is 87.6 cm³/mol. The summed E-state index contributed by atoms with van der Waals surface area (Å²) in [6.07, 6.45) is -4.52. The van der Waals surface area contributed by atoms with E-state index in [0.717, 1.165) is 16.1 Å². The Hall–Kier alpha value is -2.02. The Kier molecular flexibility index (Phi) is 5.88. The number of halogens is 4. The van der Waals surface area contributed by atoms with Crippen LogP contribution in [0.5, 0.6) is 5.75 Å². The summed E-state index contributed by atoms with van der Waals surface area (Å²) in [4.78, 5) is 13.5. The number of hydrogen-bond acceptors (Lipinski definition) is 2. The molecule has 2 aromatic carbocycles. The van der Waals surface area contributed by atoms with Crippen molar-refractivity contribution >= 4 is 21.8 Å². The lowest BCUT2D eigenvalue weighted by Crippen LogP contribution is -2.31. The minimum absolute atomic E-state index is 0.344. The van der Waals surface area contributed by atoms with Crippen molar-refractivity contribution in [2.45, 2.75) is 12.7 Å². The number of likely N-dealkylation sites (N-methyl/N-ethyl adjacent to an activating group) is 1. The van der Waals surface area contributed by atoms with E-state index in [-0.39, 0.29) is 5.75 Å². The van der Waals surface area contributed by atoms with Crippen molar-refractivity contribution in [3.63, 3.8) is 0 Å². The van der Waals surface area contributed by atoms with Crippen molar-refractivity contribution in [2.75, 3.05) is 13.7 Å². The van der Waals surface area contributed by atoms with E-state index < -0.39 is 24.3 Å². The minimum atomic E-state index is -4.52. The molecule has 0 radical (unpaired) electrons. The fourth-order valence-electron chi connectivity index (χ4n) is 2.03. The summed E-state index contributed by atoms with van der Waals surface area (Å²) in [5.74, 6) is -0.759. The zero-order chi connectivity index (χ0) is 17.7. The van der Waals surface area contributed by atoms with E-state index in [1.165, 1.54) is 23.1 Å². The van der Waals surface area contributed by atoms with Gasteiger partial charge in [-0.1, -0.05) is 40.2 Å². The summed E-state index contributed by atoms with van der Waals surface area (Å²) >= 11 is 3.32. The van der Waals surface area contributed by atoms with E-state index in [1.54, 1.807) is 7.05 Å². The highest BCUT2D eigenvalue weighted by Gasteiger charge is 2.34. The fraction of sp³-hybridized carbons (Fsp3) is 0.235. The maximum atomic E-state index is 12.9. The molecule has 0 bridgehead atoms. The first-order valence-corrected chi connectivity index (χ1v) is 7.84. The van der Waals surface area contributed by atoms with Crippen molar-refractivity contribution < 1.29 is 22.7 Å². The molecule has 0 N–H and O–H groups in total. The second-order valence-electron chi connectivity index (χ2n) is 5.16. The first-order chi connectivity index (χ1) is 11.3. The SMILES string of the molecule is CN(Cc1ccc(Br)cc1)C(=O)COc1ccccc1C(F)(F)F. The van der Waals surface area contributed by atoms with Gasteiger partial charge in [-0.05, 0) is 29.8 Å². The Morgan fingerprint density at radius 2 is 1.75 bits per heavy atom. The maximum Gasteiger partial charge on any atom is 0.419 e. The molecule has 2 aromatic rings. The van der Waals surface area contributed by atoms with Gasteiger partial charge in [0.2, 0.25) is 0 Å². The lowest BCUT2D eigenvalue weighted by molar-refractivity contribution is -0.140. The van der Waals surface area contributed by atoms with Gasteiger partial charge in [-0.2, -0.15) is 13.2 Å². The molecule has 0 heterocycles. The third-order valence-corrected chi connectivity index (χ3v) is 3.83. The van der Waals surface area contributed by atoms with Crippen LogP contribution in [0.25, 0.3) is 0 Å². The highest BCUT2D eigenvalue weighted by atomic mass is 79.9. The quantitative estimate of drug-likeness (QED) is 0.737. The number of amides is 1. The molecule has 7 heteroatoms. The maximum absolute atomic E-state index is 12.9. The molecule has 0 unspecified atom stereocenters. The number of hydrogen-bond donors (Lipinski definition) is 0. The van der Waals surface area contributed by atoms with E-state index >= 15 is 0 Å². The van der Waals surface area contributed by atoms with Crippen molar-refractivity contribution in [3.8, 4) is 5.75 Å². The molecule has 0 aliphatic carbocycles. The summed E-state index contributed by atoms with van der Waals surface area (Å²) < 4.78 is 44.6. The van der Waals surface area contributed by atoms with Gasteiger partial charge in [-0.3, -0.25) is 4.79 Å². The third kappa shape index (κ3) is 4.99. The molecule has 0 aliphatic rings. The smallest absolute Gasteiger partial charge is 0.419 e. The normalized spacial score (nSPS) is 11.2. The van der Waals surface area contributed by atoms with Gasteiger partial charge in [-0.15, -0.1) is 0 Å². The number of nitrogens with zero attached hydrogens (tertiary/aromatic N) is 1. The topological polar surface area (TPSA) is 29.5 Å². The van der Waals surface area contributed by atoms with Crippen LogP contribution in [0, 0.1) is 0 Å². The highest BCUT2D eigenvalue weighted by molar-refractivity contribution is 9.10. The monoisotopic (exact) mass is 401 g/mol.